The number of carbonyl (C=O) groups excluding carboxylic acids is 2. The van der Waals surface area contributed by atoms with Gasteiger partial charge in [-0.05, 0) is 12.3 Å². The van der Waals surface area contributed by atoms with Crippen LogP contribution in [0, 0.1) is 11.8 Å². The maximum atomic E-state index is 11.8. The second-order valence-corrected chi connectivity index (χ2v) is 5.27. The molecule has 5 nitrogen and oxygen atoms in total. The van der Waals surface area contributed by atoms with E-state index in [1.54, 1.807) is 0 Å². The lowest BCUT2D eigenvalue weighted by molar-refractivity contribution is -0.207. The Morgan fingerprint density at radius 1 is 1.47 bits per heavy atom. The summed E-state index contributed by atoms with van der Waals surface area (Å²) in [4.78, 5) is 23.5. The number of carbonyl (C=O) groups is 2. The summed E-state index contributed by atoms with van der Waals surface area (Å²) in [6, 6.07) is 0. The summed E-state index contributed by atoms with van der Waals surface area (Å²) < 4.78 is 5.09. The van der Waals surface area contributed by atoms with Gasteiger partial charge < -0.3 is 15.2 Å². The minimum atomic E-state index is -1.19. The number of esters is 1. The zero-order chi connectivity index (χ0) is 12.8. The van der Waals surface area contributed by atoms with Gasteiger partial charge in [0.15, 0.2) is 0 Å². The van der Waals surface area contributed by atoms with Gasteiger partial charge >= 0.3 is 5.97 Å². The molecule has 4 atom stereocenters. The average molecular weight is 241 g/mol. The molecule has 0 aromatic heterocycles. The fourth-order valence-corrected chi connectivity index (χ4v) is 2.80. The van der Waals surface area contributed by atoms with Crippen molar-refractivity contribution >= 4 is 11.9 Å². The van der Waals surface area contributed by atoms with E-state index in [0.29, 0.717) is 6.42 Å². The van der Waals surface area contributed by atoms with Crippen LogP contribution < -0.4 is 5.32 Å². The number of amides is 1. The van der Waals surface area contributed by atoms with Crippen LogP contribution >= 0.6 is 0 Å². The molecule has 3 unspecified atom stereocenters. The number of aliphatic hydroxyl groups excluding tert-OH is 1. The van der Waals surface area contributed by atoms with E-state index in [-0.39, 0.29) is 17.7 Å². The zero-order valence-electron chi connectivity index (χ0n) is 10.4. The number of aliphatic hydroxyl groups is 1. The molecule has 1 amide bonds. The Hall–Kier alpha value is -1.10. The molecule has 96 valence electrons. The quantitative estimate of drug-likeness (QED) is 0.690. The highest BCUT2D eigenvalue weighted by molar-refractivity contribution is 6.00. The highest BCUT2D eigenvalue weighted by atomic mass is 16.6. The molecule has 5 heteroatoms. The smallest absolute Gasteiger partial charge is 0.338 e. The van der Waals surface area contributed by atoms with E-state index < -0.39 is 23.7 Å². The Bertz CT molecular complexity index is 354. The van der Waals surface area contributed by atoms with Gasteiger partial charge in [0.2, 0.25) is 11.4 Å². The predicted octanol–water partition coefficient (Wildman–Crippen LogP) is 0.214. The van der Waals surface area contributed by atoms with Crippen LogP contribution in [0.25, 0.3) is 0 Å². The van der Waals surface area contributed by atoms with Crippen molar-refractivity contribution in [2.24, 2.45) is 11.8 Å². The third-order valence-electron chi connectivity index (χ3n) is 3.75. The van der Waals surface area contributed by atoms with Crippen LogP contribution in [0.5, 0.6) is 0 Å². The monoisotopic (exact) mass is 241 g/mol. The van der Waals surface area contributed by atoms with Gasteiger partial charge in [-0.25, -0.2) is 4.79 Å². The summed E-state index contributed by atoms with van der Waals surface area (Å²) in [7, 11) is 0. The van der Waals surface area contributed by atoms with Crippen molar-refractivity contribution in [3.05, 3.63) is 0 Å². The van der Waals surface area contributed by atoms with E-state index in [1.807, 2.05) is 20.8 Å². The van der Waals surface area contributed by atoms with Crippen molar-refractivity contribution in [3.63, 3.8) is 0 Å². The third kappa shape index (κ3) is 1.48. The van der Waals surface area contributed by atoms with Gasteiger partial charge in [-0.1, -0.05) is 27.2 Å². The Labute approximate surface area is 101 Å². The van der Waals surface area contributed by atoms with Crippen LogP contribution in [-0.4, -0.2) is 34.7 Å². The molecule has 2 aliphatic heterocycles. The molecule has 2 N–H and O–H groups in total. The van der Waals surface area contributed by atoms with Crippen molar-refractivity contribution in [3.8, 4) is 0 Å². The maximum Gasteiger partial charge on any atom is 0.338 e. The van der Waals surface area contributed by atoms with E-state index in [2.05, 4.69) is 5.32 Å². The van der Waals surface area contributed by atoms with Crippen molar-refractivity contribution in [2.45, 2.75) is 51.4 Å². The Morgan fingerprint density at radius 3 is 2.59 bits per heavy atom. The predicted molar refractivity (Wildman–Crippen MR) is 60.0 cm³/mol. The molecule has 0 aromatic rings. The van der Waals surface area contributed by atoms with Gasteiger partial charge in [-0.15, -0.1) is 0 Å². The second kappa shape index (κ2) is 3.98. The molecule has 0 aliphatic carbocycles. The number of hydrogen-bond donors (Lipinski definition) is 2. The van der Waals surface area contributed by atoms with Crippen LogP contribution in [0.2, 0.25) is 0 Å². The lowest BCUT2D eigenvalue weighted by Gasteiger charge is -2.46. The number of fused-ring (bicyclic) bond motifs is 1. The molecular weight excluding hydrogens is 222 g/mol. The summed E-state index contributed by atoms with van der Waals surface area (Å²) in [5.74, 6) is -1.10. The van der Waals surface area contributed by atoms with Crippen molar-refractivity contribution in [1.29, 1.82) is 0 Å². The zero-order valence-corrected chi connectivity index (χ0v) is 10.4. The first-order valence-corrected chi connectivity index (χ1v) is 6.16. The topological polar surface area (TPSA) is 75.6 Å². The fourth-order valence-electron chi connectivity index (χ4n) is 2.80. The van der Waals surface area contributed by atoms with Gasteiger partial charge in [0.1, 0.15) is 6.10 Å². The van der Waals surface area contributed by atoms with Crippen LogP contribution in [0.1, 0.15) is 33.6 Å². The van der Waals surface area contributed by atoms with E-state index in [4.69, 9.17) is 4.74 Å². The van der Waals surface area contributed by atoms with Gasteiger partial charge in [0.05, 0.1) is 12.0 Å². The third-order valence-corrected chi connectivity index (χ3v) is 3.75. The molecule has 2 aliphatic rings. The van der Waals surface area contributed by atoms with E-state index >= 15 is 0 Å². The van der Waals surface area contributed by atoms with E-state index in [9.17, 15) is 14.7 Å². The van der Waals surface area contributed by atoms with Crippen molar-refractivity contribution < 1.29 is 19.4 Å². The summed E-state index contributed by atoms with van der Waals surface area (Å²) in [6.07, 6.45) is 0.135. The fraction of sp³-hybridized carbons (Fsp3) is 0.833. The van der Waals surface area contributed by atoms with Gasteiger partial charge in [0.25, 0.3) is 0 Å². The number of ether oxygens (including phenoxy) is 1. The molecule has 0 radical (unpaired) electrons. The first kappa shape index (κ1) is 12.4. The van der Waals surface area contributed by atoms with Crippen LogP contribution in [0.15, 0.2) is 0 Å². The molecule has 0 bridgehead atoms. The highest BCUT2D eigenvalue weighted by Gasteiger charge is 2.71. The molecule has 2 fully saturated rings. The number of nitrogens with one attached hydrogen (secondary N) is 1. The lowest BCUT2D eigenvalue weighted by atomic mass is 9.75. The summed E-state index contributed by atoms with van der Waals surface area (Å²) in [5.41, 5.74) is -1.19. The minimum absolute atomic E-state index is 0.106. The average Bonchev–Trinajstić information content (AvgIpc) is 2.49. The normalized spacial score (nSPS) is 37.2. The number of rotatable bonds is 4. The summed E-state index contributed by atoms with van der Waals surface area (Å²) in [6.45, 7) is 5.62. The second-order valence-electron chi connectivity index (χ2n) is 5.27. The summed E-state index contributed by atoms with van der Waals surface area (Å²) >= 11 is 0. The first-order chi connectivity index (χ1) is 7.95. The minimum Gasteiger partial charge on any atom is -0.456 e. The SMILES string of the molecule is CCCC1C(=O)N[C@]2(C(O)C(C)C)C(=O)OC12. The molecule has 0 aromatic carbocycles. The molecule has 2 saturated heterocycles. The van der Waals surface area contributed by atoms with Crippen molar-refractivity contribution in [2.75, 3.05) is 0 Å². The van der Waals surface area contributed by atoms with Crippen molar-refractivity contribution in [1.82, 2.24) is 5.32 Å². The molecular formula is C12H19NO4. The van der Waals surface area contributed by atoms with Crippen LogP contribution in [0.3, 0.4) is 0 Å². The largest absolute Gasteiger partial charge is 0.456 e. The van der Waals surface area contributed by atoms with Gasteiger partial charge in [0, 0.05) is 0 Å². The maximum absolute atomic E-state index is 11.8. The molecule has 17 heavy (non-hydrogen) atoms. The highest BCUT2D eigenvalue weighted by Crippen LogP contribution is 2.44. The molecule has 2 rings (SSSR count). The molecule has 0 spiro atoms. The summed E-state index contributed by atoms with van der Waals surface area (Å²) in [5, 5.41) is 12.8. The first-order valence-electron chi connectivity index (χ1n) is 6.16. The van der Waals surface area contributed by atoms with E-state index in [1.165, 1.54) is 0 Å². The van der Waals surface area contributed by atoms with Crippen LogP contribution in [0.4, 0.5) is 0 Å². The number of hydrogen-bond acceptors (Lipinski definition) is 4. The van der Waals surface area contributed by atoms with Gasteiger partial charge in [-0.3, -0.25) is 4.79 Å². The Morgan fingerprint density at radius 2 is 2.12 bits per heavy atom. The Kier molecular flexibility index (Phi) is 2.89. The Balaban J connectivity index is 2.27. The van der Waals surface area contributed by atoms with Gasteiger partial charge in [-0.2, -0.15) is 0 Å². The van der Waals surface area contributed by atoms with Crippen LogP contribution in [-0.2, 0) is 14.3 Å². The van der Waals surface area contributed by atoms with E-state index in [0.717, 1.165) is 6.42 Å². The standard InChI is InChI=1S/C12H19NO4/c1-4-5-7-9-12(11(16)17-9,13-10(7)15)8(14)6(2)3/h6-9,14H,4-5H2,1-3H3,(H,13,15)/t7?,8?,9?,12-/m0/s1. The molecule has 0 saturated carbocycles. The lowest BCUT2D eigenvalue weighted by Crippen LogP contribution is -2.73. The molecule has 2 heterocycles.